The number of hydrogen-bond acceptors (Lipinski definition) is 5. The fourth-order valence-electron chi connectivity index (χ4n) is 3.22. The van der Waals surface area contributed by atoms with Crippen LogP contribution in [0.15, 0.2) is 5.51 Å². The third-order valence-corrected chi connectivity index (χ3v) is 5.71. The molecule has 1 aromatic rings. The number of aromatic nitrogens is 1. The third-order valence-electron chi connectivity index (χ3n) is 4.71. The van der Waals surface area contributed by atoms with Crippen molar-refractivity contribution in [2.45, 2.75) is 39.7 Å². The van der Waals surface area contributed by atoms with Crippen molar-refractivity contribution in [3.05, 3.63) is 16.1 Å². The van der Waals surface area contributed by atoms with Gasteiger partial charge in [-0.1, -0.05) is 13.8 Å². The van der Waals surface area contributed by atoms with E-state index in [1.165, 1.54) is 4.88 Å². The molecule has 0 aromatic carbocycles. The standard InChI is InChI=1S/C17H28N4O2S.ClH/c1-11(2)13-7-21(9-17(23)18-4)8-14(13)20-16(22)6-5-15-12(3)19-10-24-15;/h10-11,13-14H,5-9H2,1-4H3,(H,18,23)(H,20,22);1H/t13-,14+;/m1./s1. The molecular formula is C17H29ClN4O2S. The van der Waals surface area contributed by atoms with E-state index in [2.05, 4.69) is 34.4 Å². The number of halogens is 1. The molecule has 1 aliphatic rings. The molecule has 8 heteroatoms. The maximum Gasteiger partial charge on any atom is 0.233 e. The van der Waals surface area contributed by atoms with Gasteiger partial charge in [-0.15, -0.1) is 23.7 Å². The Labute approximate surface area is 160 Å². The second-order valence-electron chi connectivity index (χ2n) is 6.81. The SMILES string of the molecule is CNC(=O)CN1C[C@H](NC(=O)CCc2scnc2C)[C@@H](C(C)C)C1.Cl. The Kier molecular flexibility index (Phi) is 8.82. The van der Waals surface area contributed by atoms with E-state index in [1.54, 1.807) is 18.4 Å². The molecule has 1 aliphatic heterocycles. The number of hydrogen-bond donors (Lipinski definition) is 2. The first kappa shape index (κ1) is 21.9. The second kappa shape index (κ2) is 10.1. The Hall–Kier alpha value is -1.18. The first-order valence-electron chi connectivity index (χ1n) is 8.52. The summed E-state index contributed by atoms with van der Waals surface area (Å²) in [6.07, 6.45) is 1.23. The smallest absolute Gasteiger partial charge is 0.233 e. The number of carbonyl (C=O) groups excluding carboxylic acids is 2. The molecule has 2 heterocycles. The summed E-state index contributed by atoms with van der Waals surface area (Å²) in [4.78, 5) is 31.5. The molecule has 6 nitrogen and oxygen atoms in total. The van der Waals surface area contributed by atoms with Crippen LogP contribution in [-0.4, -0.2) is 54.4 Å². The minimum absolute atomic E-state index is 0. The van der Waals surface area contributed by atoms with E-state index in [0.717, 1.165) is 25.2 Å². The lowest BCUT2D eigenvalue weighted by atomic mass is 9.91. The summed E-state index contributed by atoms with van der Waals surface area (Å²) < 4.78 is 0. The van der Waals surface area contributed by atoms with Crippen molar-refractivity contribution in [1.82, 2.24) is 20.5 Å². The van der Waals surface area contributed by atoms with E-state index in [4.69, 9.17) is 0 Å². The number of nitrogens with one attached hydrogen (secondary N) is 2. The Morgan fingerprint density at radius 3 is 2.64 bits per heavy atom. The van der Waals surface area contributed by atoms with Crippen molar-refractivity contribution in [2.75, 3.05) is 26.7 Å². The zero-order valence-corrected chi connectivity index (χ0v) is 17.0. The Balaban J connectivity index is 0.00000312. The highest BCUT2D eigenvalue weighted by atomic mass is 35.5. The van der Waals surface area contributed by atoms with Gasteiger partial charge in [0.2, 0.25) is 11.8 Å². The third kappa shape index (κ3) is 6.24. The maximum atomic E-state index is 12.3. The number of rotatable bonds is 7. The van der Waals surface area contributed by atoms with Gasteiger partial charge in [0.1, 0.15) is 0 Å². The van der Waals surface area contributed by atoms with E-state index in [-0.39, 0.29) is 30.3 Å². The van der Waals surface area contributed by atoms with E-state index in [0.29, 0.717) is 24.8 Å². The fourth-order valence-corrected chi connectivity index (χ4v) is 4.01. The van der Waals surface area contributed by atoms with E-state index in [9.17, 15) is 9.59 Å². The lowest BCUT2D eigenvalue weighted by Crippen LogP contribution is -2.42. The van der Waals surface area contributed by atoms with Crippen LogP contribution in [-0.2, 0) is 16.0 Å². The predicted octanol–water partition coefficient (Wildman–Crippen LogP) is 1.62. The van der Waals surface area contributed by atoms with Gasteiger partial charge in [-0.2, -0.15) is 0 Å². The van der Waals surface area contributed by atoms with Gasteiger partial charge in [-0.3, -0.25) is 14.5 Å². The number of aryl methyl sites for hydroxylation is 2. The average Bonchev–Trinajstić information content (AvgIpc) is 3.11. The molecule has 0 spiro atoms. The van der Waals surface area contributed by atoms with Gasteiger partial charge >= 0.3 is 0 Å². The van der Waals surface area contributed by atoms with Crippen LogP contribution in [0.4, 0.5) is 0 Å². The summed E-state index contributed by atoms with van der Waals surface area (Å²) in [5, 5.41) is 5.85. The molecule has 0 saturated carbocycles. The first-order chi connectivity index (χ1) is 11.4. The summed E-state index contributed by atoms with van der Waals surface area (Å²) in [5.41, 5.74) is 2.84. The number of thiazole rings is 1. The molecular weight excluding hydrogens is 360 g/mol. The quantitative estimate of drug-likeness (QED) is 0.744. The van der Waals surface area contributed by atoms with Crippen LogP contribution >= 0.6 is 23.7 Å². The monoisotopic (exact) mass is 388 g/mol. The highest BCUT2D eigenvalue weighted by Crippen LogP contribution is 2.24. The molecule has 25 heavy (non-hydrogen) atoms. The van der Waals surface area contributed by atoms with Crippen LogP contribution < -0.4 is 10.6 Å². The highest BCUT2D eigenvalue weighted by molar-refractivity contribution is 7.09. The van der Waals surface area contributed by atoms with Crippen molar-refractivity contribution in [3.8, 4) is 0 Å². The van der Waals surface area contributed by atoms with Crippen LogP contribution in [0.3, 0.4) is 0 Å². The molecule has 0 aliphatic carbocycles. The molecule has 142 valence electrons. The number of amides is 2. The van der Waals surface area contributed by atoms with Gasteiger partial charge in [0.15, 0.2) is 0 Å². The van der Waals surface area contributed by atoms with Gasteiger partial charge in [0, 0.05) is 37.5 Å². The Morgan fingerprint density at radius 2 is 2.08 bits per heavy atom. The summed E-state index contributed by atoms with van der Waals surface area (Å²) in [6, 6.07) is 0.115. The van der Waals surface area contributed by atoms with Gasteiger partial charge in [-0.25, -0.2) is 4.98 Å². The first-order valence-corrected chi connectivity index (χ1v) is 9.40. The molecule has 2 N–H and O–H groups in total. The van der Waals surface area contributed by atoms with E-state index in [1.807, 2.05) is 12.4 Å². The van der Waals surface area contributed by atoms with Crippen LogP contribution in [0.2, 0.25) is 0 Å². The number of nitrogens with zero attached hydrogens (tertiary/aromatic N) is 2. The van der Waals surface area contributed by atoms with Crippen molar-refractivity contribution >= 4 is 35.6 Å². The van der Waals surface area contributed by atoms with Crippen LogP contribution in [0, 0.1) is 18.8 Å². The normalized spacial score (nSPS) is 20.4. The summed E-state index contributed by atoms with van der Waals surface area (Å²) in [5.74, 6) is 0.947. The Morgan fingerprint density at radius 1 is 1.36 bits per heavy atom. The van der Waals surface area contributed by atoms with Gasteiger partial charge < -0.3 is 10.6 Å². The van der Waals surface area contributed by atoms with Crippen molar-refractivity contribution in [1.29, 1.82) is 0 Å². The topological polar surface area (TPSA) is 74.3 Å². The lowest BCUT2D eigenvalue weighted by Gasteiger charge is -2.23. The number of carbonyl (C=O) groups is 2. The predicted molar refractivity (Wildman–Crippen MR) is 103 cm³/mol. The maximum absolute atomic E-state index is 12.3. The number of likely N-dealkylation sites (tertiary alicyclic amines) is 1. The fraction of sp³-hybridized carbons (Fsp3) is 0.706. The molecule has 1 fully saturated rings. The van der Waals surface area contributed by atoms with Crippen molar-refractivity contribution in [2.24, 2.45) is 11.8 Å². The minimum atomic E-state index is 0. The second-order valence-corrected chi connectivity index (χ2v) is 7.75. The molecule has 2 atom stereocenters. The molecule has 2 amide bonds. The summed E-state index contributed by atoms with van der Waals surface area (Å²) >= 11 is 1.61. The highest BCUT2D eigenvalue weighted by Gasteiger charge is 2.35. The average molecular weight is 389 g/mol. The Bertz CT molecular complexity index is 579. The largest absolute Gasteiger partial charge is 0.358 e. The van der Waals surface area contributed by atoms with E-state index < -0.39 is 0 Å². The molecule has 0 bridgehead atoms. The molecule has 2 rings (SSSR count). The zero-order chi connectivity index (χ0) is 17.7. The lowest BCUT2D eigenvalue weighted by molar-refractivity contribution is -0.122. The molecule has 0 radical (unpaired) electrons. The number of likely N-dealkylation sites (N-methyl/N-ethyl adjacent to an activating group) is 1. The summed E-state index contributed by atoms with van der Waals surface area (Å²) in [7, 11) is 1.65. The summed E-state index contributed by atoms with van der Waals surface area (Å²) in [6.45, 7) is 8.31. The molecule has 0 unspecified atom stereocenters. The minimum Gasteiger partial charge on any atom is -0.358 e. The van der Waals surface area contributed by atoms with Crippen molar-refractivity contribution < 1.29 is 9.59 Å². The van der Waals surface area contributed by atoms with Gasteiger partial charge in [0.05, 0.1) is 17.7 Å². The molecule has 1 aromatic heterocycles. The van der Waals surface area contributed by atoms with Crippen molar-refractivity contribution in [3.63, 3.8) is 0 Å². The van der Waals surface area contributed by atoms with E-state index >= 15 is 0 Å². The van der Waals surface area contributed by atoms with Crippen LogP contribution in [0.1, 0.15) is 30.8 Å². The van der Waals surface area contributed by atoms with Crippen LogP contribution in [0.25, 0.3) is 0 Å². The zero-order valence-electron chi connectivity index (χ0n) is 15.4. The van der Waals surface area contributed by atoms with Gasteiger partial charge in [0.25, 0.3) is 0 Å². The van der Waals surface area contributed by atoms with Gasteiger partial charge in [-0.05, 0) is 25.2 Å². The molecule has 1 saturated heterocycles. The van der Waals surface area contributed by atoms with Crippen LogP contribution in [0.5, 0.6) is 0 Å².